The van der Waals surface area contributed by atoms with Crippen LogP contribution in [0.1, 0.15) is 13.3 Å². The Balaban J connectivity index is 2.80. The van der Waals surface area contributed by atoms with E-state index in [0.29, 0.717) is 10.9 Å². The van der Waals surface area contributed by atoms with Crippen LogP contribution in [0.2, 0.25) is 0 Å². The molecule has 0 unspecified atom stereocenters. The Bertz CT molecular complexity index is 80.8. The van der Waals surface area contributed by atoms with E-state index in [4.69, 9.17) is 4.84 Å². The van der Waals surface area contributed by atoms with Crippen molar-refractivity contribution in [1.29, 1.82) is 0 Å². The Hall–Kier alpha value is 0.230. The van der Waals surface area contributed by atoms with Crippen LogP contribution in [0.5, 0.6) is 0 Å². The fourth-order valence-electron chi connectivity index (χ4n) is 0.594. The van der Waals surface area contributed by atoms with Gasteiger partial charge in [0.1, 0.15) is 5.75 Å². The first kappa shape index (κ1) is 11.2. The zero-order chi connectivity index (χ0) is 8.53. The third-order valence-corrected chi connectivity index (χ3v) is 2.23. The van der Waals surface area contributed by atoms with Crippen molar-refractivity contribution in [3.05, 3.63) is 0 Å². The second kappa shape index (κ2) is 8.33. The molecule has 0 bridgehead atoms. The summed E-state index contributed by atoms with van der Waals surface area (Å²) in [4.78, 5) is 5.07. The Labute approximate surface area is 72.2 Å². The number of nitrogens with one attached hydrogen (secondary N) is 2. The molecule has 3 nitrogen and oxygen atoms in total. The first-order valence-electron chi connectivity index (χ1n) is 3.91. The van der Waals surface area contributed by atoms with Crippen LogP contribution < -0.4 is 11.0 Å². The number of hydrogen-bond donors (Lipinski definition) is 2. The maximum atomic E-state index is 5.07. The Morgan fingerprint density at radius 3 is 2.64 bits per heavy atom. The van der Waals surface area contributed by atoms with Gasteiger partial charge in [-0.3, -0.25) is 4.84 Å². The molecule has 0 spiro atoms. The summed E-state index contributed by atoms with van der Waals surface area (Å²) in [5, 5.41) is 0. The van der Waals surface area contributed by atoms with Crippen LogP contribution in [0.25, 0.3) is 0 Å². The van der Waals surface area contributed by atoms with Gasteiger partial charge in [0.25, 0.3) is 0 Å². The lowest BCUT2D eigenvalue weighted by Crippen LogP contribution is -2.32. The zero-order valence-corrected chi connectivity index (χ0v) is 8.46. The lowest BCUT2D eigenvalue weighted by Gasteiger charge is -2.03. The predicted octanol–water partition coefficient (Wildman–Crippen LogP) is 0.300. The van der Waals surface area contributed by atoms with Gasteiger partial charge in [0.2, 0.25) is 0 Å². The maximum Gasteiger partial charge on any atom is 0.109 e. The summed E-state index contributed by atoms with van der Waals surface area (Å²) in [6.45, 7) is 3.69. The van der Waals surface area contributed by atoms with Crippen molar-refractivity contribution < 1.29 is 4.84 Å². The van der Waals surface area contributed by atoms with E-state index in [9.17, 15) is 0 Å². The molecular weight excluding hydrogens is 160 g/mol. The summed E-state index contributed by atoms with van der Waals surface area (Å²) in [6, 6.07) is 0. The van der Waals surface area contributed by atoms with Gasteiger partial charge >= 0.3 is 0 Å². The Morgan fingerprint density at radius 1 is 1.36 bits per heavy atom. The number of hydrogen-bond acceptors (Lipinski definition) is 3. The minimum absolute atomic E-state index is 0.549. The molecule has 0 atom stereocenters. The summed E-state index contributed by atoms with van der Waals surface area (Å²) in [7, 11) is 0.549. The average Bonchev–Trinajstić information content (AvgIpc) is 1.96. The van der Waals surface area contributed by atoms with Gasteiger partial charge in [0.15, 0.2) is 0 Å². The third kappa shape index (κ3) is 10.2. The molecule has 0 heterocycles. The minimum atomic E-state index is 0.549. The fraction of sp³-hybridized carbons (Fsp3) is 1.00. The second-order valence-electron chi connectivity index (χ2n) is 2.52. The molecule has 4 heteroatoms. The van der Waals surface area contributed by atoms with Crippen molar-refractivity contribution in [1.82, 2.24) is 11.0 Å². The predicted molar refractivity (Wildman–Crippen MR) is 51.5 cm³/mol. The molecule has 0 saturated carbocycles. The topological polar surface area (TPSA) is 33.3 Å². The first-order chi connectivity index (χ1) is 5.27. The summed E-state index contributed by atoms with van der Waals surface area (Å²) in [6.07, 6.45) is 5.63. The lowest BCUT2D eigenvalue weighted by atomic mass is 10.5. The molecule has 68 valence electrons. The highest BCUT2D eigenvalue weighted by atomic mass is 32.2. The highest BCUT2D eigenvalue weighted by Gasteiger charge is 2.00. The van der Waals surface area contributed by atoms with Crippen molar-refractivity contribution in [2.24, 2.45) is 0 Å². The van der Waals surface area contributed by atoms with Crippen LogP contribution in [0.4, 0.5) is 0 Å². The summed E-state index contributed by atoms with van der Waals surface area (Å²) < 4.78 is 0. The molecule has 0 saturated heterocycles. The fourth-order valence-corrected chi connectivity index (χ4v) is 1.29. The van der Waals surface area contributed by atoms with Crippen LogP contribution in [0.15, 0.2) is 0 Å². The summed E-state index contributed by atoms with van der Waals surface area (Å²) >= 11 is 0. The van der Waals surface area contributed by atoms with Crippen molar-refractivity contribution in [3.63, 3.8) is 0 Å². The number of hydrazine groups is 1. The van der Waals surface area contributed by atoms with Crippen molar-refractivity contribution in [3.8, 4) is 0 Å². The Morgan fingerprint density at radius 2 is 2.09 bits per heavy atom. The van der Waals surface area contributed by atoms with Gasteiger partial charge in [-0.05, 0) is 10.9 Å². The minimum Gasteiger partial charge on any atom is -0.287 e. The van der Waals surface area contributed by atoms with Crippen LogP contribution in [-0.4, -0.2) is 31.4 Å². The SMILES string of the molecule is CCNNOCCC[S+](C)C. The smallest absolute Gasteiger partial charge is 0.109 e. The zero-order valence-electron chi connectivity index (χ0n) is 7.64. The maximum absolute atomic E-state index is 5.07. The van der Waals surface area contributed by atoms with E-state index in [1.54, 1.807) is 0 Å². The molecule has 0 aromatic heterocycles. The van der Waals surface area contributed by atoms with Gasteiger partial charge in [-0.25, -0.2) is 5.43 Å². The standard InChI is InChI=1S/C7H19N2OS/c1-4-8-9-10-6-5-7-11(2)3/h8-9H,4-7H2,1-3H3/q+1. The summed E-state index contributed by atoms with van der Waals surface area (Å²) in [5.41, 5.74) is 5.53. The Kier molecular flexibility index (Phi) is 8.50. The van der Waals surface area contributed by atoms with E-state index < -0.39 is 0 Å². The van der Waals surface area contributed by atoms with Gasteiger partial charge < -0.3 is 0 Å². The van der Waals surface area contributed by atoms with E-state index in [0.717, 1.165) is 19.6 Å². The highest BCUT2D eigenvalue weighted by molar-refractivity contribution is 7.95. The molecule has 2 N–H and O–H groups in total. The first-order valence-corrected chi connectivity index (χ1v) is 6.12. The van der Waals surface area contributed by atoms with Gasteiger partial charge in [-0.15, -0.1) is 5.59 Å². The molecule has 11 heavy (non-hydrogen) atoms. The quantitative estimate of drug-likeness (QED) is 0.335. The molecule has 0 aliphatic rings. The van der Waals surface area contributed by atoms with E-state index in [1.165, 1.54) is 5.75 Å². The monoisotopic (exact) mass is 179 g/mol. The van der Waals surface area contributed by atoms with Crippen LogP contribution >= 0.6 is 0 Å². The molecule has 0 aliphatic heterocycles. The van der Waals surface area contributed by atoms with Crippen molar-refractivity contribution >= 4 is 10.9 Å². The molecule has 0 amide bonds. The van der Waals surface area contributed by atoms with E-state index >= 15 is 0 Å². The summed E-state index contributed by atoms with van der Waals surface area (Å²) in [5.74, 6) is 1.26. The molecule has 0 aromatic rings. The molecule has 0 rings (SSSR count). The van der Waals surface area contributed by atoms with Crippen molar-refractivity contribution in [2.45, 2.75) is 13.3 Å². The normalized spacial score (nSPS) is 10.9. The van der Waals surface area contributed by atoms with Crippen LogP contribution in [0, 0.1) is 0 Å². The molecular formula is C7H19N2OS+. The van der Waals surface area contributed by atoms with Gasteiger partial charge in [-0.1, -0.05) is 6.92 Å². The molecule has 0 aromatic carbocycles. The highest BCUT2D eigenvalue weighted by Crippen LogP contribution is 1.88. The average molecular weight is 179 g/mol. The largest absolute Gasteiger partial charge is 0.287 e. The van der Waals surface area contributed by atoms with E-state index in [1.807, 2.05) is 6.92 Å². The number of rotatable bonds is 7. The van der Waals surface area contributed by atoms with E-state index in [-0.39, 0.29) is 0 Å². The van der Waals surface area contributed by atoms with E-state index in [2.05, 4.69) is 23.5 Å². The van der Waals surface area contributed by atoms with Crippen molar-refractivity contribution in [2.75, 3.05) is 31.4 Å². The molecule has 0 radical (unpaired) electrons. The van der Waals surface area contributed by atoms with Crippen LogP contribution in [0.3, 0.4) is 0 Å². The van der Waals surface area contributed by atoms with Crippen LogP contribution in [-0.2, 0) is 15.7 Å². The molecule has 0 fully saturated rings. The second-order valence-corrected chi connectivity index (χ2v) is 4.90. The molecule has 0 aliphatic carbocycles. The van der Waals surface area contributed by atoms with Gasteiger partial charge in [-0.2, -0.15) is 0 Å². The third-order valence-electron chi connectivity index (χ3n) is 1.12. The van der Waals surface area contributed by atoms with Gasteiger partial charge in [0, 0.05) is 13.0 Å². The lowest BCUT2D eigenvalue weighted by molar-refractivity contribution is 0.0129. The van der Waals surface area contributed by atoms with Gasteiger partial charge in [0.05, 0.1) is 19.1 Å².